The molecule has 0 aliphatic carbocycles. The van der Waals surface area contributed by atoms with Crippen LogP contribution in [0.15, 0.2) is 47.2 Å². The summed E-state index contributed by atoms with van der Waals surface area (Å²) >= 11 is 2.86. The highest BCUT2D eigenvalue weighted by molar-refractivity contribution is 7.17. The molecule has 2 aromatic heterocycles. The number of nitrogens with one attached hydrogen (secondary N) is 1. The van der Waals surface area contributed by atoms with Crippen LogP contribution in [-0.4, -0.2) is 30.0 Å². The Hall–Kier alpha value is -2.51. The van der Waals surface area contributed by atoms with Crippen LogP contribution in [0, 0.1) is 6.92 Å². The van der Waals surface area contributed by atoms with Crippen LogP contribution in [0.4, 0.5) is 0 Å². The zero-order chi connectivity index (χ0) is 19.1. The van der Waals surface area contributed by atoms with Crippen LogP contribution in [0.3, 0.4) is 0 Å². The number of ether oxygens (including phenoxy) is 1. The average molecular weight is 401 g/mol. The Morgan fingerprint density at radius 3 is 2.74 bits per heavy atom. The predicted molar refractivity (Wildman–Crippen MR) is 108 cm³/mol. The second-order valence-corrected chi connectivity index (χ2v) is 7.74. The van der Waals surface area contributed by atoms with Crippen molar-refractivity contribution < 1.29 is 14.3 Å². The number of hydrogen-bond donors (Lipinski definition) is 1. The summed E-state index contributed by atoms with van der Waals surface area (Å²) in [5, 5.41) is 7.51. The van der Waals surface area contributed by atoms with Gasteiger partial charge in [-0.05, 0) is 36.8 Å². The number of thiazole rings is 1. The van der Waals surface area contributed by atoms with Crippen molar-refractivity contribution in [3.8, 4) is 10.6 Å². The monoisotopic (exact) mass is 400 g/mol. The minimum absolute atomic E-state index is 0.282. The summed E-state index contributed by atoms with van der Waals surface area (Å²) in [5.41, 5.74) is 2.85. The van der Waals surface area contributed by atoms with E-state index < -0.39 is 5.97 Å². The van der Waals surface area contributed by atoms with E-state index in [1.807, 2.05) is 35.0 Å². The molecule has 0 atom stereocenters. The van der Waals surface area contributed by atoms with Gasteiger partial charge in [0.2, 0.25) is 0 Å². The normalized spacial score (nSPS) is 10.6. The van der Waals surface area contributed by atoms with Crippen LogP contribution in [-0.2, 0) is 16.0 Å². The Morgan fingerprint density at radius 2 is 2.00 bits per heavy atom. The molecule has 1 amide bonds. The van der Waals surface area contributed by atoms with Gasteiger partial charge in [0.25, 0.3) is 5.91 Å². The summed E-state index contributed by atoms with van der Waals surface area (Å²) in [4.78, 5) is 29.0. The summed E-state index contributed by atoms with van der Waals surface area (Å²) in [6, 6.07) is 12.1. The molecule has 0 saturated carbocycles. The molecule has 3 aromatic rings. The quantitative estimate of drug-likeness (QED) is 0.457. The number of thiophene rings is 1. The number of benzene rings is 1. The van der Waals surface area contributed by atoms with Crippen molar-refractivity contribution in [1.29, 1.82) is 0 Å². The average Bonchev–Trinajstić information content (AvgIpc) is 3.34. The fourth-order valence-electron chi connectivity index (χ4n) is 2.51. The summed E-state index contributed by atoms with van der Waals surface area (Å²) in [6.45, 7) is 2.04. The molecule has 0 aliphatic heterocycles. The van der Waals surface area contributed by atoms with Crippen LogP contribution in [0.1, 0.15) is 27.3 Å². The second-order valence-electron chi connectivity index (χ2n) is 5.96. The molecule has 0 fully saturated rings. The van der Waals surface area contributed by atoms with Crippen molar-refractivity contribution in [3.63, 3.8) is 0 Å². The maximum absolute atomic E-state index is 12.2. The largest absolute Gasteiger partial charge is 0.451 e. The smallest absolute Gasteiger partial charge is 0.350 e. The van der Waals surface area contributed by atoms with Crippen molar-refractivity contribution in [2.75, 3.05) is 13.2 Å². The summed E-state index contributed by atoms with van der Waals surface area (Å²) in [7, 11) is 0. The SMILES string of the molecule is Cc1nc(-c2ccsc2)sc1C(=O)OCC(=O)NCCCc1ccccc1. The van der Waals surface area contributed by atoms with Gasteiger partial charge in [-0.15, -0.1) is 11.3 Å². The first kappa shape index (κ1) is 19.3. The molecule has 0 saturated heterocycles. The van der Waals surface area contributed by atoms with E-state index in [4.69, 9.17) is 4.74 Å². The highest BCUT2D eigenvalue weighted by Crippen LogP contribution is 2.29. The highest BCUT2D eigenvalue weighted by atomic mass is 32.1. The van der Waals surface area contributed by atoms with E-state index in [-0.39, 0.29) is 12.5 Å². The van der Waals surface area contributed by atoms with Gasteiger partial charge in [0.15, 0.2) is 6.61 Å². The van der Waals surface area contributed by atoms with E-state index >= 15 is 0 Å². The Bertz CT molecular complexity index is 889. The van der Waals surface area contributed by atoms with Crippen LogP contribution in [0.25, 0.3) is 10.6 Å². The third-order valence-corrected chi connectivity index (χ3v) is 5.76. The number of carbonyl (C=O) groups excluding carboxylic acids is 2. The van der Waals surface area contributed by atoms with Crippen LogP contribution < -0.4 is 5.32 Å². The van der Waals surface area contributed by atoms with Gasteiger partial charge < -0.3 is 10.1 Å². The molecule has 0 unspecified atom stereocenters. The molecule has 140 valence electrons. The Balaban J connectivity index is 1.41. The van der Waals surface area contributed by atoms with Crippen LogP contribution >= 0.6 is 22.7 Å². The van der Waals surface area contributed by atoms with Gasteiger partial charge in [0.05, 0.1) is 5.69 Å². The molecule has 0 aliphatic rings. The highest BCUT2D eigenvalue weighted by Gasteiger charge is 2.18. The van der Waals surface area contributed by atoms with E-state index in [0.717, 1.165) is 23.4 Å². The molecule has 2 heterocycles. The molecule has 0 bridgehead atoms. The van der Waals surface area contributed by atoms with Crippen molar-refractivity contribution in [3.05, 3.63) is 63.3 Å². The van der Waals surface area contributed by atoms with Gasteiger partial charge in [-0.3, -0.25) is 4.79 Å². The molecule has 0 spiro atoms. The van der Waals surface area contributed by atoms with Gasteiger partial charge in [-0.25, -0.2) is 9.78 Å². The molecule has 1 aromatic carbocycles. The molecule has 7 heteroatoms. The van der Waals surface area contributed by atoms with E-state index in [2.05, 4.69) is 22.4 Å². The molecular weight excluding hydrogens is 380 g/mol. The zero-order valence-electron chi connectivity index (χ0n) is 14.9. The van der Waals surface area contributed by atoms with E-state index in [9.17, 15) is 9.59 Å². The first-order valence-electron chi connectivity index (χ1n) is 8.61. The fraction of sp³-hybridized carbons (Fsp3) is 0.250. The van der Waals surface area contributed by atoms with Crippen LogP contribution in [0.5, 0.6) is 0 Å². The Labute approximate surface area is 166 Å². The lowest BCUT2D eigenvalue weighted by Gasteiger charge is -2.06. The first-order valence-corrected chi connectivity index (χ1v) is 10.4. The van der Waals surface area contributed by atoms with Crippen LogP contribution in [0.2, 0.25) is 0 Å². The minimum atomic E-state index is -0.508. The second kappa shape index (κ2) is 9.43. The van der Waals surface area contributed by atoms with E-state index in [0.29, 0.717) is 17.1 Å². The van der Waals surface area contributed by atoms with E-state index in [1.165, 1.54) is 16.9 Å². The molecule has 5 nitrogen and oxygen atoms in total. The number of aromatic nitrogens is 1. The van der Waals surface area contributed by atoms with E-state index in [1.54, 1.807) is 18.3 Å². The minimum Gasteiger partial charge on any atom is -0.451 e. The van der Waals surface area contributed by atoms with Gasteiger partial charge in [-0.2, -0.15) is 11.3 Å². The summed E-state index contributed by atoms with van der Waals surface area (Å²) in [5.74, 6) is -0.803. The Kier molecular flexibility index (Phi) is 6.73. The molecule has 0 radical (unpaired) electrons. The predicted octanol–water partition coefficient (Wildman–Crippen LogP) is 4.09. The van der Waals surface area contributed by atoms with Crippen molar-refractivity contribution in [2.24, 2.45) is 0 Å². The van der Waals surface area contributed by atoms with Gasteiger partial charge in [0.1, 0.15) is 9.88 Å². The molecular formula is C20H20N2O3S2. The third-order valence-electron chi connectivity index (χ3n) is 3.89. The number of esters is 1. The first-order chi connectivity index (χ1) is 13.1. The molecule has 3 rings (SSSR count). The van der Waals surface area contributed by atoms with Crippen molar-refractivity contribution >= 4 is 34.6 Å². The van der Waals surface area contributed by atoms with Crippen molar-refractivity contribution in [1.82, 2.24) is 10.3 Å². The van der Waals surface area contributed by atoms with Crippen molar-refractivity contribution in [2.45, 2.75) is 19.8 Å². The van der Waals surface area contributed by atoms with Gasteiger partial charge in [0, 0.05) is 17.5 Å². The maximum atomic E-state index is 12.2. The standard InChI is InChI=1S/C20H20N2O3S2/c1-14-18(27-19(22-14)16-9-11-26-13-16)20(24)25-12-17(23)21-10-5-8-15-6-3-2-4-7-15/h2-4,6-7,9,11,13H,5,8,10,12H2,1H3,(H,21,23). The Morgan fingerprint density at radius 1 is 1.19 bits per heavy atom. The van der Waals surface area contributed by atoms with Gasteiger partial charge >= 0.3 is 5.97 Å². The number of rotatable bonds is 8. The third kappa shape index (κ3) is 5.48. The lowest BCUT2D eigenvalue weighted by Crippen LogP contribution is -2.29. The topological polar surface area (TPSA) is 68.3 Å². The number of carbonyl (C=O) groups is 2. The molecule has 27 heavy (non-hydrogen) atoms. The fourth-order valence-corrected chi connectivity index (χ4v) is 4.18. The zero-order valence-corrected chi connectivity index (χ0v) is 16.6. The number of hydrogen-bond acceptors (Lipinski definition) is 6. The number of nitrogens with zero attached hydrogens (tertiary/aromatic N) is 1. The molecule has 1 N–H and O–H groups in total. The number of amides is 1. The number of aryl methyl sites for hydroxylation is 2. The lowest BCUT2D eigenvalue weighted by molar-refractivity contribution is -0.124. The maximum Gasteiger partial charge on any atom is 0.350 e. The summed E-state index contributed by atoms with van der Waals surface area (Å²) in [6.07, 6.45) is 1.73. The lowest BCUT2D eigenvalue weighted by atomic mass is 10.1. The van der Waals surface area contributed by atoms with Gasteiger partial charge in [-0.1, -0.05) is 30.3 Å². The summed E-state index contributed by atoms with van der Waals surface area (Å²) < 4.78 is 5.14.